The van der Waals surface area contributed by atoms with E-state index < -0.39 is 0 Å². The molecular weight excluding hydrogens is 421 g/mol. The van der Waals surface area contributed by atoms with E-state index in [2.05, 4.69) is 72.4 Å². The molecule has 0 radical (unpaired) electrons. The summed E-state index contributed by atoms with van der Waals surface area (Å²) in [6.45, 7) is 7.67. The second kappa shape index (κ2) is 10.6. The fourth-order valence-corrected chi connectivity index (χ4v) is 5.23. The van der Waals surface area contributed by atoms with Crippen molar-refractivity contribution in [3.63, 3.8) is 0 Å². The minimum atomic E-state index is -0.239. The maximum absolute atomic E-state index is 13.3. The number of nitrogens with zero attached hydrogens (tertiary/aromatic N) is 2. The number of halogens is 1. The van der Waals surface area contributed by atoms with Gasteiger partial charge in [0.25, 0.3) is 0 Å². The summed E-state index contributed by atoms with van der Waals surface area (Å²) >= 11 is 0. The van der Waals surface area contributed by atoms with E-state index >= 15 is 0 Å². The summed E-state index contributed by atoms with van der Waals surface area (Å²) in [7, 11) is 0. The lowest BCUT2D eigenvalue weighted by molar-refractivity contribution is 0.211. The zero-order valence-electron chi connectivity index (χ0n) is 19.8. The molecule has 1 fully saturated rings. The molecule has 34 heavy (non-hydrogen) atoms. The molecule has 3 nitrogen and oxygen atoms in total. The van der Waals surface area contributed by atoms with Crippen LogP contribution in [0.1, 0.15) is 31.7 Å². The van der Waals surface area contributed by atoms with E-state index in [1.54, 1.807) is 12.1 Å². The monoisotopic (exact) mass is 453 g/mol. The summed E-state index contributed by atoms with van der Waals surface area (Å²) in [5.41, 5.74) is 5.84. The van der Waals surface area contributed by atoms with Crippen molar-refractivity contribution in [2.75, 3.05) is 18.4 Å². The first kappa shape index (κ1) is 23.6. The second-order valence-electron chi connectivity index (χ2n) is 9.44. The highest BCUT2D eigenvalue weighted by Crippen LogP contribution is 2.54. The summed E-state index contributed by atoms with van der Waals surface area (Å²) < 4.78 is 13.3. The lowest BCUT2D eigenvalue weighted by atomic mass is 9.69. The number of benzene rings is 2. The van der Waals surface area contributed by atoms with E-state index in [4.69, 9.17) is 0 Å². The SMILES string of the molecule is C=CC1=C(Nc2ccc(F)cc2)C=C2CCC(CN(/C=C/Cc3ccccc3)CC#N)C2(C)C1. The highest BCUT2D eigenvalue weighted by atomic mass is 19.1. The van der Waals surface area contributed by atoms with Gasteiger partial charge >= 0.3 is 0 Å². The number of rotatable bonds is 9. The van der Waals surface area contributed by atoms with Crippen LogP contribution in [0.15, 0.2) is 102 Å². The average molecular weight is 454 g/mol. The van der Waals surface area contributed by atoms with Crippen LogP contribution >= 0.6 is 0 Å². The van der Waals surface area contributed by atoms with Gasteiger partial charge in [-0.2, -0.15) is 5.26 Å². The first-order valence-corrected chi connectivity index (χ1v) is 11.9. The van der Waals surface area contributed by atoms with Gasteiger partial charge in [0.1, 0.15) is 12.4 Å². The van der Waals surface area contributed by atoms with Crippen LogP contribution < -0.4 is 5.32 Å². The summed E-state index contributed by atoms with van der Waals surface area (Å²) in [5.74, 6) is 0.215. The van der Waals surface area contributed by atoms with E-state index in [1.165, 1.54) is 28.8 Å². The quantitative estimate of drug-likeness (QED) is 0.415. The normalized spacial score (nSPS) is 21.7. The number of nitrogens with one attached hydrogen (secondary N) is 1. The summed E-state index contributed by atoms with van der Waals surface area (Å²) in [5, 5.41) is 12.9. The maximum atomic E-state index is 13.3. The van der Waals surface area contributed by atoms with Crippen LogP contribution in [0.25, 0.3) is 0 Å². The van der Waals surface area contributed by atoms with Crippen LogP contribution in [0.2, 0.25) is 0 Å². The van der Waals surface area contributed by atoms with E-state index in [0.29, 0.717) is 12.5 Å². The van der Waals surface area contributed by atoms with Gasteiger partial charge in [0.2, 0.25) is 0 Å². The third-order valence-corrected chi connectivity index (χ3v) is 7.23. The topological polar surface area (TPSA) is 39.1 Å². The predicted octanol–water partition coefficient (Wildman–Crippen LogP) is 7.01. The molecule has 174 valence electrons. The molecule has 2 unspecified atom stereocenters. The number of fused-ring (bicyclic) bond motifs is 1. The van der Waals surface area contributed by atoms with Crippen molar-refractivity contribution >= 4 is 5.69 Å². The van der Waals surface area contributed by atoms with E-state index in [-0.39, 0.29) is 11.2 Å². The van der Waals surface area contributed by atoms with Crippen LogP contribution in [0.5, 0.6) is 0 Å². The predicted molar refractivity (Wildman–Crippen MR) is 137 cm³/mol. The van der Waals surface area contributed by atoms with Crippen LogP contribution in [-0.2, 0) is 6.42 Å². The van der Waals surface area contributed by atoms with Crippen LogP contribution in [0.4, 0.5) is 10.1 Å². The molecule has 1 N–H and O–H groups in total. The van der Waals surface area contributed by atoms with Crippen molar-refractivity contribution in [1.82, 2.24) is 4.90 Å². The Hall–Kier alpha value is -3.58. The van der Waals surface area contributed by atoms with Crippen molar-refractivity contribution in [3.8, 4) is 6.07 Å². The second-order valence-corrected chi connectivity index (χ2v) is 9.44. The molecule has 0 amide bonds. The lowest BCUT2D eigenvalue weighted by Crippen LogP contribution is -2.35. The first-order chi connectivity index (χ1) is 16.5. The summed E-state index contributed by atoms with van der Waals surface area (Å²) in [6, 6.07) is 19.2. The largest absolute Gasteiger partial charge is 0.364 e. The standard InChI is InChI=1S/C30H32FN3/c1-3-24-21-30(2)25(20-29(24)33-28-15-13-27(31)14-16-28)11-12-26(30)22-34(19-17-32)18-7-10-23-8-5-4-6-9-23/h3-9,13-16,18,20,26,33H,1,10-12,19,21-22H2,2H3/b18-7+. The van der Waals surface area contributed by atoms with Gasteiger partial charge in [-0.3, -0.25) is 0 Å². The van der Waals surface area contributed by atoms with Crippen molar-refractivity contribution in [1.29, 1.82) is 5.26 Å². The van der Waals surface area contributed by atoms with Crippen LogP contribution in [-0.4, -0.2) is 18.0 Å². The Morgan fingerprint density at radius 2 is 1.97 bits per heavy atom. The Kier molecular flexibility index (Phi) is 7.33. The summed E-state index contributed by atoms with van der Waals surface area (Å²) in [4.78, 5) is 2.16. The zero-order chi connectivity index (χ0) is 24.0. The number of hydrogen-bond donors (Lipinski definition) is 1. The zero-order valence-corrected chi connectivity index (χ0v) is 19.8. The molecule has 2 aliphatic carbocycles. The van der Waals surface area contributed by atoms with Gasteiger partial charge in [-0.05, 0) is 84.7 Å². The Bertz CT molecular complexity index is 1140. The molecule has 4 rings (SSSR count). The highest BCUT2D eigenvalue weighted by molar-refractivity contribution is 5.56. The van der Waals surface area contributed by atoms with E-state index in [9.17, 15) is 9.65 Å². The number of hydrogen-bond acceptors (Lipinski definition) is 3. The van der Waals surface area contributed by atoms with Gasteiger partial charge in [-0.1, -0.05) is 61.6 Å². The molecule has 0 spiro atoms. The Labute approximate surface area is 202 Å². The van der Waals surface area contributed by atoms with E-state index in [0.717, 1.165) is 43.6 Å². The lowest BCUT2D eigenvalue weighted by Gasteiger charge is -2.39. The Balaban J connectivity index is 1.47. The molecule has 0 bridgehead atoms. The van der Waals surface area contributed by atoms with Crippen molar-refractivity contribution < 1.29 is 4.39 Å². The summed E-state index contributed by atoms with van der Waals surface area (Å²) in [6.07, 6.45) is 12.4. The van der Waals surface area contributed by atoms with Gasteiger partial charge in [-0.15, -0.1) is 0 Å². The first-order valence-electron chi connectivity index (χ1n) is 11.9. The number of allylic oxidation sites excluding steroid dienone is 5. The van der Waals surface area contributed by atoms with E-state index in [1.807, 2.05) is 12.1 Å². The van der Waals surface area contributed by atoms with Gasteiger partial charge in [0.15, 0.2) is 0 Å². The fraction of sp³-hybridized carbons (Fsp3) is 0.300. The highest BCUT2D eigenvalue weighted by Gasteiger charge is 2.45. The molecule has 2 atom stereocenters. The molecule has 2 aliphatic rings. The molecule has 1 saturated carbocycles. The third-order valence-electron chi connectivity index (χ3n) is 7.23. The Morgan fingerprint density at radius 1 is 1.21 bits per heavy atom. The average Bonchev–Trinajstić information content (AvgIpc) is 3.15. The number of anilines is 1. The maximum Gasteiger partial charge on any atom is 0.123 e. The van der Waals surface area contributed by atoms with Crippen molar-refractivity contribution in [2.45, 2.75) is 32.6 Å². The molecule has 0 aromatic heterocycles. The molecule has 0 aliphatic heterocycles. The van der Waals surface area contributed by atoms with Gasteiger partial charge in [0.05, 0.1) is 6.07 Å². The van der Waals surface area contributed by atoms with Gasteiger partial charge < -0.3 is 10.2 Å². The third kappa shape index (κ3) is 5.31. The van der Waals surface area contributed by atoms with Crippen LogP contribution in [0, 0.1) is 28.5 Å². The molecule has 2 aromatic rings. The smallest absolute Gasteiger partial charge is 0.123 e. The van der Waals surface area contributed by atoms with Crippen LogP contribution in [0.3, 0.4) is 0 Å². The fourth-order valence-electron chi connectivity index (χ4n) is 5.23. The number of nitriles is 1. The molecule has 0 saturated heterocycles. The van der Waals surface area contributed by atoms with Gasteiger partial charge in [0, 0.05) is 17.9 Å². The molecule has 0 heterocycles. The minimum absolute atomic E-state index is 0.0402. The van der Waals surface area contributed by atoms with Gasteiger partial charge in [-0.25, -0.2) is 4.39 Å². The molecule has 4 heteroatoms. The molecular formula is C30H32FN3. The van der Waals surface area contributed by atoms with Crippen molar-refractivity contribution in [2.24, 2.45) is 11.3 Å². The van der Waals surface area contributed by atoms with Crippen molar-refractivity contribution in [3.05, 3.63) is 114 Å². The Morgan fingerprint density at radius 3 is 2.68 bits per heavy atom. The molecule has 2 aromatic carbocycles. The minimum Gasteiger partial charge on any atom is -0.364 e.